The molecule has 0 rings (SSSR count). The molecule has 0 saturated heterocycles. The van der Waals surface area contributed by atoms with Crippen molar-refractivity contribution in [3.63, 3.8) is 0 Å². The number of carboxylic acid groups (broad SMARTS) is 1. The zero-order chi connectivity index (χ0) is 66.4. The lowest BCUT2D eigenvalue weighted by Gasteiger charge is -2.41. The lowest BCUT2D eigenvalue weighted by molar-refractivity contribution is -0.155. The maximum Gasteiger partial charge on any atom is 0.326 e. The van der Waals surface area contributed by atoms with Crippen LogP contribution in [0.25, 0.3) is 0 Å². The molecule has 0 aliphatic rings. The van der Waals surface area contributed by atoms with E-state index in [1.54, 1.807) is 67.5 Å². The van der Waals surface area contributed by atoms with Gasteiger partial charge in [-0.1, -0.05) is 116 Å². The standard InChI is InChI=1S/C61H111N11O13/c1-24-27-28-39(15)51(74)48(66-55(78)49(37(12)13)71(22)60(83)50(38(14)25-2)72(23)58(81)44(30-34(6)7)69(20)56(79)41(17)63-52(75)40(16)62)54(77)64-42(26-3)57(80)67(18)32-46(73)68(19)43(29-33(4)5)53(76)65-47(36(10)11)59(82)70(21)45(61(84)85)31-35(8)9/h24,27,33-45,47-51,74H,25-26,28-32,62H2,1-23H3,(H,63,75)(H,64,77)(H,65,76)(H,66,78)(H,84,85)/b27-24+/t38-,39?,40-,41+,42-,43-,44-,45-,47-,48-,49-,50-,51?/m0/s1. The van der Waals surface area contributed by atoms with Crippen LogP contribution in [-0.4, -0.2) is 220 Å². The minimum atomic E-state index is -1.68. The van der Waals surface area contributed by atoms with Crippen LogP contribution in [0.3, 0.4) is 0 Å². The number of hydrogen-bond donors (Lipinski definition) is 7. The highest BCUT2D eigenvalue weighted by atomic mass is 16.4. The van der Waals surface area contributed by atoms with Crippen LogP contribution in [0.15, 0.2) is 12.2 Å². The van der Waals surface area contributed by atoms with Crippen LogP contribution >= 0.6 is 0 Å². The largest absolute Gasteiger partial charge is 0.480 e. The van der Waals surface area contributed by atoms with Crippen molar-refractivity contribution < 1.29 is 63.0 Å². The Labute approximate surface area is 507 Å². The number of carbonyl (C=O) groups excluding carboxylic acids is 10. The van der Waals surface area contributed by atoms with Gasteiger partial charge < -0.3 is 66.6 Å². The van der Waals surface area contributed by atoms with Gasteiger partial charge in [0.15, 0.2) is 0 Å². The molecular weight excluding hydrogens is 1090 g/mol. The SMILES string of the molecule is C/C=C/CC(C)C(O)[C@H](NC(=O)[C@H](C(C)C)N(C)C(=O)[C@H]([C@@H](C)CC)N(C)C(=O)[C@H](CC(C)C)N(C)C(=O)[C@@H](C)NC(=O)[C@H](C)N)C(=O)N[C@@H](CC)C(=O)N(C)CC(=O)N(C)[C@@H](CC(C)C)C(=O)N[C@H](C(=O)N(C)[C@@H](CC(C)C)C(=O)O)C(C)C. The molecule has 8 N–H and O–H groups in total. The molecule has 0 aromatic carbocycles. The number of aliphatic hydroxyl groups excluding tert-OH is 1. The zero-order valence-corrected chi connectivity index (χ0v) is 55.6. The molecule has 488 valence electrons. The monoisotopic (exact) mass is 1210 g/mol. The number of likely N-dealkylation sites (N-methyl/N-ethyl adjacent to an activating group) is 6. The first-order valence-corrected chi connectivity index (χ1v) is 30.2. The van der Waals surface area contributed by atoms with E-state index in [1.165, 1.54) is 75.7 Å². The van der Waals surface area contributed by atoms with E-state index >= 15 is 0 Å². The van der Waals surface area contributed by atoms with Crippen molar-refractivity contribution >= 4 is 65.0 Å². The number of nitrogens with zero attached hydrogens (tertiary/aromatic N) is 6. The van der Waals surface area contributed by atoms with Gasteiger partial charge in [0.1, 0.15) is 54.4 Å². The molecule has 2 unspecified atom stereocenters. The Hall–Kier alpha value is -6.17. The summed E-state index contributed by atoms with van der Waals surface area (Å²) in [5.41, 5.74) is 5.72. The number of aliphatic carboxylic acids is 1. The molecule has 85 heavy (non-hydrogen) atoms. The summed E-state index contributed by atoms with van der Waals surface area (Å²) in [5, 5.41) is 32.6. The summed E-state index contributed by atoms with van der Waals surface area (Å²) in [6, 6.07) is -11.8. The molecule has 0 aliphatic carbocycles. The maximum absolute atomic E-state index is 15.0. The minimum Gasteiger partial charge on any atom is -0.480 e. The van der Waals surface area contributed by atoms with Gasteiger partial charge >= 0.3 is 5.97 Å². The van der Waals surface area contributed by atoms with Gasteiger partial charge in [0.25, 0.3) is 0 Å². The highest BCUT2D eigenvalue weighted by molar-refractivity contribution is 5.98. The van der Waals surface area contributed by atoms with Gasteiger partial charge in [-0.3, -0.25) is 47.9 Å². The molecule has 13 atom stereocenters. The van der Waals surface area contributed by atoms with E-state index < -0.39 is 162 Å². The summed E-state index contributed by atoms with van der Waals surface area (Å²) >= 11 is 0. The molecular formula is C61H111N11O13. The van der Waals surface area contributed by atoms with Crippen molar-refractivity contribution in [2.75, 3.05) is 48.8 Å². The minimum absolute atomic E-state index is 0.00140. The highest BCUT2D eigenvalue weighted by Gasteiger charge is 2.44. The van der Waals surface area contributed by atoms with Gasteiger partial charge in [-0.05, 0) is 94.3 Å². The summed E-state index contributed by atoms with van der Waals surface area (Å²) in [7, 11) is 8.47. The van der Waals surface area contributed by atoms with E-state index in [1.807, 2.05) is 48.5 Å². The molecule has 0 heterocycles. The van der Waals surface area contributed by atoms with Crippen molar-refractivity contribution in [3.8, 4) is 0 Å². The molecule has 0 aromatic heterocycles. The van der Waals surface area contributed by atoms with E-state index in [2.05, 4.69) is 21.3 Å². The van der Waals surface area contributed by atoms with Crippen LogP contribution in [0.4, 0.5) is 0 Å². The van der Waals surface area contributed by atoms with E-state index in [0.29, 0.717) is 12.8 Å². The van der Waals surface area contributed by atoms with Gasteiger partial charge in [0.05, 0.1) is 18.7 Å². The Morgan fingerprint density at radius 1 is 0.482 bits per heavy atom. The first-order valence-electron chi connectivity index (χ1n) is 30.2. The smallest absolute Gasteiger partial charge is 0.326 e. The van der Waals surface area contributed by atoms with Crippen molar-refractivity contribution in [2.45, 2.75) is 223 Å². The molecule has 24 nitrogen and oxygen atoms in total. The maximum atomic E-state index is 15.0. The van der Waals surface area contributed by atoms with Crippen LogP contribution < -0.4 is 27.0 Å². The van der Waals surface area contributed by atoms with Crippen LogP contribution in [0.5, 0.6) is 0 Å². The van der Waals surface area contributed by atoms with Crippen LogP contribution in [-0.2, 0) is 52.7 Å². The Kier molecular flexibility index (Phi) is 34.1. The van der Waals surface area contributed by atoms with Gasteiger partial charge in [0, 0.05) is 42.3 Å². The fourth-order valence-electron chi connectivity index (χ4n) is 10.1. The third-order valence-corrected chi connectivity index (χ3v) is 15.7. The third-order valence-electron chi connectivity index (χ3n) is 15.7. The predicted molar refractivity (Wildman–Crippen MR) is 327 cm³/mol. The highest BCUT2D eigenvalue weighted by Crippen LogP contribution is 2.25. The van der Waals surface area contributed by atoms with Crippen LogP contribution in [0.1, 0.15) is 156 Å². The van der Waals surface area contributed by atoms with Gasteiger partial charge in [0.2, 0.25) is 59.1 Å². The number of allylic oxidation sites excluding steroid dienone is 2. The Bertz CT molecular complexity index is 2280. The average molecular weight is 1210 g/mol. The van der Waals surface area contributed by atoms with Crippen molar-refractivity contribution in [1.82, 2.24) is 50.7 Å². The van der Waals surface area contributed by atoms with Gasteiger partial charge in [-0.15, -0.1) is 0 Å². The fraction of sp³-hybridized carbons (Fsp3) is 0.787. The number of amides is 10. The number of carboxylic acids is 1. The molecule has 24 heteroatoms. The van der Waals surface area contributed by atoms with Crippen molar-refractivity contribution in [2.24, 2.45) is 47.2 Å². The topological polar surface area (TPSA) is 322 Å². The molecule has 0 aromatic rings. The normalized spacial score (nSPS) is 16.4. The van der Waals surface area contributed by atoms with Crippen LogP contribution in [0, 0.1) is 41.4 Å². The predicted octanol–water partition coefficient (Wildman–Crippen LogP) is 2.84. The Balaban J connectivity index is 7.05. The van der Waals surface area contributed by atoms with E-state index in [0.717, 1.165) is 9.80 Å². The molecule has 0 aliphatic heterocycles. The van der Waals surface area contributed by atoms with E-state index in [4.69, 9.17) is 5.73 Å². The first kappa shape index (κ1) is 78.8. The van der Waals surface area contributed by atoms with Crippen molar-refractivity contribution in [1.29, 1.82) is 0 Å². The van der Waals surface area contributed by atoms with Gasteiger partial charge in [-0.2, -0.15) is 0 Å². The van der Waals surface area contributed by atoms with Crippen molar-refractivity contribution in [3.05, 3.63) is 12.2 Å². The summed E-state index contributed by atoms with van der Waals surface area (Å²) in [6.45, 7) is 29.1. The average Bonchev–Trinajstić information content (AvgIpc) is 3.58. The lowest BCUT2D eigenvalue weighted by atomic mass is 9.91. The zero-order valence-electron chi connectivity index (χ0n) is 55.6. The lowest BCUT2D eigenvalue weighted by Crippen LogP contribution is -2.64. The molecule has 10 amide bonds. The molecule has 0 spiro atoms. The van der Waals surface area contributed by atoms with Crippen LogP contribution in [0.2, 0.25) is 0 Å². The second-order valence-electron chi connectivity index (χ2n) is 25.3. The third kappa shape index (κ3) is 23.6. The van der Waals surface area contributed by atoms with Gasteiger partial charge in [-0.25, -0.2) is 4.79 Å². The molecule has 0 radical (unpaired) electrons. The summed E-state index contributed by atoms with van der Waals surface area (Å²) in [4.78, 5) is 161. The van der Waals surface area contributed by atoms with E-state index in [-0.39, 0.29) is 43.4 Å². The number of aliphatic hydroxyl groups is 1. The first-order chi connectivity index (χ1) is 39.2. The Morgan fingerprint density at radius 2 is 0.965 bits per heavy atom. The number of carbonyl (C=O) groups is 11. The molecule has 0 saturated carbocycles. The van der Waals surface area contributed by atoms with E-state index in [9.17, 15) is 63.0 Å². The number of rotatable bonds is 36. The summed E-state index contributed by atoms with van der Waals surface area (Å²) in [5.74, 6) is -10.2. The molecule has 0 fully saturated rings. The number of nitrogens with one attached hydrogen (secondary N) is 4. The summed E-state index contributed by atoms with van der Waals surface area (Å²) < 4.78 is 0. The second-order valence-corrected chi connectivity index (χ2v) is 25.3. The number of nitrogens with two attached hydrogens (primary N) is 1. The second kappa shape index (κ2) is 36.7. The Morgan fingerprint density at radius 3 is 1.41 bits per heavy atom. The fourth-order valence-corrected chi connectivity index (χ4v) is 10.1. The summed E-state index contributed by atoms with van der Waals surface area (Å²) in [6.07, 6.45) is 3.29. The quantitative estimate of drug-likeness (QED) is 0.0444. The molecule has 0 bridgehead atoms. The number of hydrogen-bond acceptors (Lipinski definition) is 13.